The Morgan fingerprint density at radius 2 is 1.86 bits per heavy atom. The van der Waals surface area contributed by atoms with Gasteiger partial charge in [0, 0.05) is 25.7 Å². The molecule has 3 aromatic carbocycles. The molecule has 6 heteroatoms. The molecule has 0 bridgehead atoms. The molecule has 0 fully saturated rings. The Balaban J connectivity index is 1.68. The number of rotatable bonds is 3. The van der Waals surface area contributed by atoms with Crippen LogP contribution in [0.2, 0.25) is 0 Å². The summed E-state index contributed by atoms with van der Waals surface area (Å²) in [6.45, 7) is 0. The molecular weight excluding hydrogens is 384 g/mol. The van der Waals surface area contributed by atoms with Crippen molar-refractivity contribution in [3.8, 4) is 17.1 Å². The SMILES string of the molecule is COc1ccc2cc3oc(-c4ccc5nc(N(C)C)sc5c4)cc(=O)c3cc2c1. The van der Waals surface area contributed by atoms with Gasteiger partial charge in [-0.05, 0) is 53.2 Å². The van der Waals surface area contributed by atoms with E-state index < -0.39 is 0 Å². The number of aromatic nitrogens is 1. The van der Waals surface area contributed by atoms with Gasteiger partial charge in [-0.15, -0.1) is 0 Å². The number of ether oxygens (including phenoxy) is 1. The van der Waals surface area contributed by atoms with Gasteiger partial charge in [-0.25, -0.2) is 4.98 Å². The van der Waals surface area contributed by atoms with Crippen LogP contribution in [0.5, 0.6) is 5.75 Å². The van der Waals surface area contributed by atoms with Crippen LogP contribution >= 0.6 is 11.3 Å². The highest BCUT2D eigenvalue weighted by Gasteiger charge is 2.12. The fraction of sp³-hybridized carbons (Fsp3) is 0.130. The molecule has 0 radical (unpaired) electrons. The number of thiazole rings is 1. The zero-order chi connectivity index (χ0) is 20.1. The number of hydrogen-bond acceptors (Lipinski definition) is 6. The molecular formula is C23H18N2O3S. The van der Waals surface area contributed by atoms with Crippen molar-refractivity contribution in [2.75, 3.05) is 26.1 Å². The van der Waals surface area contributed by atoms with Crippen LogP contribution in [-0.4, -0.2) is 26.2 Å². The van der Waals surface area contributed by atoms with Gasteiger partial charge in [0.25, 0.3) is 0 Å². The lowest BCUT2D eigenvalue weighted by molar-refractivity contribution is 0.415. The van der Waals surface area contributed by atoms with Crippen LogP contribution < -0.4 is 15.1 Å². The molecule has 29 heavy (non-hydrogen) atoms. The second-order valence-corrected chi connectivity index (χ2v) is 8.12. The maximum Gasteiger partial charge on any atom is 0.193 e. The minimum absolute atomic E-state index is 0.0654. The smallest absolute Gasteiger partial charge is 0.193 e. The zero-order valence-corrected chi connectivity index (χ0v) is 17.0. The summed E-state index contributed by atoms with van der Waals surface area (Å²) in [7, 11) is 5.58. The van der Waals surface area contributed by atoms with Crippen molar-refractivity contribution in [2.24, 2.45) is 0 Å². The second-order valence-electron chi connectivity index (χ2n) is 7.11. The molecule has 2 aromatic heterocycles. The minimum atomic E-state index is -0.0654. The molecule has 0 saturated heterocycles. The summed E-state index contributed by atoms with van der Waals surface area (Å²) < 4.78 is 12.5. The number of nitrogens with zero attached hydrogens (tertiary/aromatic N) is 2. The van der Waals surface area contributed by atoms with Gasteiger partial charge in [-0.1, -0.05) is 17.4 Å². The van der Waals surface area contributed by atoms with Crippen molar-refractivity contribution >= 4 is 48.4 Å². The fourth-order valence-electron chi connectivity index (χ4n) is 3.40. The van der Waals surface area contributed by atoms with Gasteiger partial charge in [-0.2, -0.15) is 0 Å². The van der Waals surface area contributed by atoms with Crippen LogP contribution in [0.1, 0.15) is 0 Å². The Kier molecular flexibility index (Phi) is 4.03. The van der Waals surface area contributed by atoms with Crippen LogP contribution in [-0.2, 0) is 0 Å². The summed E-state index contributed by atoms with van der Waals surface area (Å²) in [5.74, 6) is 1.31. The van der Waals surface area contributed by atoms with Crippen LogP contribution in [0.25, 0.3) is 43.3 Å². The molecule has 5 aromatic rings. The quantitative estimate of drug-likeness (QED) is 0.384. The minimum Gasteiger partial charge on any atom is -0.497 e. The van der Waals surface area contributed by atoms with Crippen molar-refractivity contribution in [1.29, 1.82) is 0 Å². The van der Waals surface area contributed by atoms with E-state index >= 15 is 0 Å². The molecule has 0 aliphatic carbocycles. The van der Waals surface area contributed by atoms with Gasteiger partial charge in [0.15, 0.2) is 10.6 Å². The third-order valence-corrected chi connectivity index (χ3v) is 6.12. The van der Waals surface area contributed by atoms with Gasteiger partial charge in [0.1, 0.15) is 17.1 Å². The molecule has 0 amide bonds. The second kappa shape index (κ2) is 6.60. The lowest BCUT2D eigenvalue weighted by atomic mass is 10.1. The van der Waals surface area contributed by atoms with E-state index in [2.05, 4.69) is 4.98 Å². The average Bonchev–Trinajstić information content (AvgIpc) is 3.16. The van der Waals surface area contributed by atoms with Crippen LogP contribution in [0.15, 0.2) is 63.8 Å². The van der Waals surface area contributed by atoms with E-state index in [1.165, 1.54) is 0 Å². The summed E-state index contributed by atoms with van der Waals surface area (Å²) in [6.07, 6.45) is 0. The molecule has 144 valence electrons. The van der Waals surface area contributed by atoms with Crippen LogP contribution in [0.3, 0.4) is 0 Å². The molecule has 2 heterocycles. The monoisotopic (exact) mass is 402 g/mol. The van der Waals surface area contributed by atoms with Crippen molar-refractivity contribution in [2.45, 2.75) is 0 Å². The van der Waals surface area contributed by atoms with E-state index in [0.717, 1.165) is 37.4 Å². The van der Waals surface area contributed by atoms with Crippen molar-refractivity contribution in [3.63, 3.8) is 0 Å². The lowest BCUT2D eigenvalue weighted by Crippen LogP contribution is -2.07. The van der Waals surface area contributed by atoms with E-state index in [1.54, 1.807) is 24.5 Å². The largest absolute Gasteiger partial charge is 0.497 e. The number of fused-ring (bicyclic) bond motifs is 3. The maximum absolute atomic E-state index is 12.8. The Bertz CT molecular complexity index is 1450. The van der Waals surface area contributed by atoms with E-state index in [1.807, 2.05) is 67.5 Å². The Morgan fingerprint density at radius 3 is 2.66 bits per heavy atom. The molecule has 5 rings (SSSR count). The van der Waals surface area contributed by atoms with Gasteiger partial charge >= 0.3 is 0 Å². The van der Waals surface area contributed by atoms with Crippen LogP contribution in [0, 0.1) is 0 Å². The van der Waals surface area contributed by atoms with Gasteiger partial charge < -0.3 is 14.1 Å². The lowest BCUT2D eigenvalue weighted by Gasteiger charge is -2.06. The zero-order valence-electron chi connectivity index (χ0n) is 16.2. The Labute approximate surface area is 170 Å². The first-order chi connectivity index (χ1) is 14.0. The molecule has 0 N–H and O–H groups in total. The molecule has 0 spiro atoms. The summed E-state index contributed by atoms with van der Waals surface area (Å²) in [6, 6.07) is 17.0. The third-order valence-electron chi connectivity index (χ3n) is 4.94. The van der Waals surface area contributed by atoms with Crippen molar-refractivity contribution in [3.05, 3.63) is 64.8 Å². The van der Waals surface area contributed by atoms with Gasteiger partial charge in [0.05, 0.1) is 22.7 Å². The summed E-state index contributed by atoms with van der Waals surface area (Å²) in [4.78, 5) is 19.4. The van der Waals surface area contributed by atoms with E-state index in [9.17, 15) is 4.79 Å². The number of benzene rings is 3. The summed E-state index contributed by atoms with van der Waals surface area (Å²) in [5.41, 5.74) is 2.30. The molecule has 0 saturated carbocycles. The average molecular weight is 402 g/mol. The molecule has 0 atom stereocenters. The predicted octanol–water partition coefficient (Wildman–Crippen LogP) is 5.30. The Morgan fingerprint density at radius 1 is 1.00 bits per heavy atom. The summed E-state index contributed by atoms with van der Waals surface area (Å²) in [5, 5.41) is 3.44. The van der Waals surface area contributed by atoms with Gasteiger partial charge in [0.2, 0.25) is 0 Å². The third kappa shape index (κ3) is 3.02. The molecule has 0 aliphatic heterocycles. The van der Waals surface area contributed by atoms with Crippen LogP contribution in [0.4, 0.5) is 5.13 Å². The maximum atomic E-state index is 12.8. The van der Waals surface area contributed by atoms with Crippen molar-refractivity contribution in [1.82, 2.24) is 4.98 Å². The highest BCUT2D eigenvalue weighted by Crippen LogP contribution is 2.33. The predicted molar refractivity (Wildman–Crippen MR) is 119 cm³/mol. The van der Waals surface area contributed by atoms with E-state index in [-0.39, 0.29) is 5.43 Å². The number of anilines is 1. The summed E-state index contributed by atoms with van der Waals surface area (Å²) >= 11 is 1.61. The van der Waals surface area contributed by atoms with Crippen molar-refractivity contribution < 1.29 is 9.15 Å². The standard InChI is InChI=1S/C23H18N2O3S/c1-25(2)23-24-18-7-5-14(11-22(18)29-23)20-12-19(26)17-9-15-8-16(27-3)6-4-13(15)10-21(17)28-20/h4-12H,1-3H3. The van der Waals surface area contributed by atoms with Gasteiger partial charge in [-0.3, -0.25) is 4.79 Å². The number of hydrogen-bond donors (Lipinski definition) is 0. The first-order valence-corrected chi connectivity index (χ1v) is 9.97. The van der Waals surface area contributed by atoms with E-state index in [4.69, 9.17) is 9.15 Å². The molecule has 5 nitrogen and oxygen atoms in total. The fourth-order valence-corrected chi connectivity index (χ4v) is 4.33. The molecule has 0 aliphatic rings. The molecule has 0 unspecified atom stereocenters. The highest BCUT2D eigenvalue weighted by molar-refractivity contribution is 7.22. The first-order valence-electron chi connectivity index (χ1n) is 9.16. The Hall–Kier alpha value is -3.38. The normalized spacial score (nSPS) is 11.4. The van der Waals surface area contributed by atoms with E-state index in [0.29, 0.717) is 16.7 Å². The number of methoxy groups -OCH3 is 1. The topological polar surface area (TPSA) is 55.6 Å². The highest BCUT2D eigenvalue weighted by atomic mass is 32.1. The first kappa shape index (κ1) is 17.7.